The first kappa shape index (κ1) is 14.6. The van der Waals surface area contributed by atoms with Crippen LogP contribution < -0.4 is 10.1 Å². The standard InChI is InChI=1S/C16H16BrNO2/c1-12(20-15-10-6-5-9-14(15)17)16(19)18-11-13-7-3-2-4-8-13/h2-10,12H,11H2,1H3,(H,18,19). The fraction of sp³-hybridized carbons (Fsp3) is 0.188. The van der Waals surface area contributed by atoms with Gasteiger partial charge in [-0.1, -0.05) is 42.5 Å². The minimum Gasteiger partial charge on any atom is -0.480 e. The summed E-state index contributed by atoms with van der Waals surface area (Å²) in [5.41, 5.74) is 1.06. The Labute approximate surface area is 127 Å². The number of carbonyl (C=O) groups is 1. The van der Waals surface area contributed by atoms with E-state index in [-0.39, 0.29) is 5.91 Å². The first-order valence-electron chi connectivity index (χ1n) is 6.39. The van der Waals surface area contributed by atoms with E-state index in [4.69, 9.17) is 4.74 Å². The van der Waals surface area contributed by atoms with Crippen molar-refractivity contribution in [2.45, 2.75) is 19.6 Å². The zero-order chi connectivity index (χ0) is 14.4. The Morgan fingerprint density at radius 3 is 2.50 bits per heavy atom. The Hall–Kier alpha value is -1.81. The van der Waals surface area contributed by atoms with Gasteiger partial charge in [0.2, 0.25) is 0 Å². The van der Waals surface area contributed by atoms with Crippen LogP contribution in [0.15, 0.2) is 59.1 Å². The van der Waals surface area contributed by atoms with E-state index in [0.717, 1.165) is 10.0 Å². The Morgan fingerprint density at radius 1 is 1.15 bits per heavy atom. The molecule has 1 atom stereocenters. The SMILES string of the molecule is CC(Oc1ccccc1Br)C(=O)NCc1ccccc1. The van der Waals surface area contributed by atoms with Crippen LogP contribution in [0.25, 0.3) is 0 Å². The van der Waals surface area contributed by atoms with Crippen molar-refractivity contribution in [3.8, 4) is 5.75 Å². The van der Waals surface area contributed by atoms with Crippen LogP contribution in [-0.2, 0) is 11.3 Å². The van der Waals surface area contributed by atoms with Crippen molar-refractivity contribution in [1.82, 2.24) is 5.32 Å². The van der Waals surface area contributed by atoms with E-state index in [1.54, 1.807) is 6.92 Å². The van der Waals surface area contributed by atoms with Crippen LogP contribution in [0.2, 0.25) is 0 Å². The molecule has 0 aromatic heterocycles. The van der Waals surface area contributed by atoms with E-state index in [1.807, 2.05) is 54.6 Å². The Kier molecular flexibility index (Phi) is 5.18. The number of rotatable bonds is 5. The van der Waals surface area contributed by atoms with Gasteiger partial charge in [-0.15, -0.1) is 0 Å². The first-order valence-corrected chi connectivity index (χ1v) is 7.19. The number of halogens is 1. The van der Waals surface area contributed by atoms with Crippen LogP contribution >= 0.6 is 15.9 Å². The van der Waals surface area contributed by atoms with Gasteiger partial charge in [-0.2, -0.15) is 0 Å². The summed E-state index contributed by atoms with van der Waals surface area (Å²) in [5.74, 6) is 0.527. The molecule has 0 aliphatic carbocycles. The van der Waals surface area contributed by atoms with Crippen molar-refractivity contribution in [1.29, 1.82) is 0 Å². The summed E-state index contributed by atoms with van der Waals surface area (Å²) in [5, 5.41) is 2.86. The topological polar surface area (TPSA) is 38.3 Å². The Morgan fingerprint density at radius 2 is 1.80 bits per heavy atom. The second-order valence-electron chi connectivity index (χ2n) is 4.39. The molecule has 2 aromatic rings. The molecule has 0 aliphatic heterocycles. The van der Waals surface area contributed by atoms with E-state index in [1.165, 1.54) is 0 Å². The third-order valence-electron chi connectivity index (χ3n) is 2.82. The molecular weight excluding hydrogens is 318 g/mol. The molecule has 1 unspecified atom stereocenters. The monoisotopic (exact) mass is 333 g/mol. The lowest BCUT2D eigenvalue weighted by atomic mass is 10.2. The molecule has 20 heavy (non-hydrogen) atoms. The second kappa shape index (κ2) is 7.10. The van der Waals surface area contributed by atoms with Gasteiger partial charge in [-0.05, 0) is 40.5 Å². The molecule has 0 radical (unpaired) electrons. The fourth-order valence-corrected chi connectivity index (χ4v) is 2.09. The average molecular weight is 334 g/mol. The van der Waals surface area contributed by atoms with Gasteiger partial charge in [-0.3, -0.25) is 4.79 Å². The highest BCUT2D eigenvalue weighted by Gasteiger charge is 2.15. The van der Waals surface area contributed by atoms with Crippen molar-refractivity contribution >= 4 is 21.8 Å². The lowest BCUT2D eigenvalue weighted by molar-refractivity contribution is -0.127. The molecule has 0 fully saturated rings. The average Bonchev–Trinajstić information content (AvgIpc) is 2.48. The number of ether oxygens (including phenoxy) is 1. The molecular formula is C16H16BrNO2. The van der Waals surface area contributed by atoms with Crippen LogP contribution in [0, 0.1) is 0 Å². The van der Waals surface area contributed by atoms with Gasteiger partial charge in [0.1, 0.15) is 5.75 Å². The maximum atomic E-state index is 12.0. The number of nitrogens with one attached hydrogen (secondary N) is 1. The predicted molar refractivity (Wildman–Crippen MR) is 82.5 cm³/mol. The van der Waals surface area contributed by atoms with Gasteiger partial charge in [0.05, 0.1) is 4.47 Å². The number of para-hydroxylation sites is 1. The Balaban J connectivity index is 1.88. The molecule has 3 nitrogen and oxygen atoms in total. The lowest BCUT2D eigenvalue weighted by Gasteiger charge is -2.15. The van der Waals surface area contributed by atoms with E-state index >= 15 is 0 Å². The number of carbonyl (C=O) groups excluding carboxylic acids is 1. The van der Waals surface area contributed by atoms with E-state index in [2.05, 4.69) is 21.2 Å². The third-order valence-corrected chi connectivity index (χ3v) is 3.47. The van der Waals surface area contributed by atoms with Gasteiger partial charge in [0, 0.05) is 6.54 Å². The van der Waals surface area contributed by atoms with Crippen LogP contribution in [0.1, 0.15) is 12.5 Å². The zero-order valence-electron chi connectivity index (χ0n) is 11.2. The molecule has 1 amide bonds. The van der Waals surface area contributed by atoms with Gasteiger partial charge in [-0.25, -0.2) is 0 Å². The predicted octanol–water partition coefficient (Wildman–Crippen LogP) is 3.53. The molecule has 0 saturated heterocycles. The molecule has 0 heterocycles. The van der Waals surface area contributed by atoms with Gasteiger partial charge in [0.15, 0.2) is 6.10 Å². The fourth-order valence-electron chi connectivity index (χ4n) is 1.71. The van der Waals surface area contributed by atoms with E-state index < -0.39 is 6.10 Å². The highest BCUT2D eigenvalue weighted by molar-refractivity contribution is 9.10. The zero-order valence-corrected chi connectivity index (χ0v) is 12.8. The molecule has 104 valence electrons. The molecule has 0 saturated carbocycles. The second-order valence-corrected chi connectivity index (χ2v) is 5.25. The van der Waals surface area contributed by atoms with Gasteiger partial charge < -0.3 is 10.1 Å². The van der Waals surface area contributed by atoms with Gasteiger partial charge >= 0.3 is 0 Å². The summed E-state index contributed by atoms with van der Waals surface area (Å²) in [7, 11) is 0. The van der Waals surface area contributed by atoms with Crippen molar-refractivity contribution < 1.29 is 9.53 Å². The number of hydrogen-bond donors (Lipinski definition) is 1. The van der Waals surface area contributed by atoms with Crippen LogP contribution in [-0.4, -0.2) is 12.0 Å². The van der Waals surface area contributed by atoms with Gasteiger partial charge in [0.25, 0.3) is 5.91 Å². The maximum absolute atomic E-state index is 12.0. The lowest BCUT2D eigenvalue weighted by Crippen LogP contribution is -2.35. The first-order chi connectivity index (χ1) is 9.66. The summed E-state index contributed by atoms with van der Waals surface area (Å²) in [6.45, 7) is 2.24. The molecule has 0 spiro atoms. The van der Waals surface area contributed by atoms with E-state index in [0.29, 0.717) is 12.3 Å². The summed E-state index contributed by atoms with van der Waals surface area (Å²) >= 11 is 3.39. The normalized spacial score (nSPS) is 11.7. The number of hydrogen-bond acceptors (Lipinski definition) is 2. The van der Waals surface area contributed by atoms with Crippen LogP contribution in [0.4, 0.5) is 0 Å². The van der Waals surface area contributed by atoms with Crippen LogP contribution in [0.5, 0.6) is 5.75 Å². The third kappa shape index (κ3) is 4.10. The van der Waals surface area contributed by atoms with Crippen LogP contribution in [0.3, 0.4) is 0 Å². The molecule has 0 bridgehead atoms. The maximum Gasteiger partial charge on any atom is 0.261 e. The highest BCUT2D eigenvalue weighted by atomic mass is 79.9. The quantitative estimate of drug-likeness (QED) is 0.908. The molecule has 1 N–H and O–H groups in total. The molecule has 4 heteroatoms. The summed E-state index contributed by atoms with van der Waals surface area (Å²) < 4.78 is 6.47. The Bertz CT molecular complexity index is 572. The largest absolute Gasteiger partial charge is 0.480 e. The van der Waals surface area contributed by atoms with E-state index in [9.17, 15) is 4.79 Å². The minimum atomic E-state index is -0.544. The minimum absolute atomic E-state index is 0.135. The smallest absolute Gasteiger partial charge is 0.261 e. The van der Waals surface area contributed by atoms with Crippen molar-refractivity contribution in [2.24, 2.45) is 0 Å². The number of benzene rings is 2. The summed E-state index contributed by atoms with van der Waals surface area (Å²) in [6.07, 6.45) is -0.544. The summed E-state index contributed by atoms with van der Waals surface area (Å²) in [6, 6.07) is 17.3. The van der Waals surface area contributed by atoms with Crippen molar-refractivity contribution in [3.05, 3.63) is 64.6 Å². The molecule has 2 aromatic carbocycles. The summed E-state index contributed by atoms with van der Waals surface area (Å²) in [4.78, 5) is 12.0. The van der Waals surface area contributed by atoms with Crippen molar-refractivity contribution in [3.63, 3.8) is 0 Å². The molecule has 2 rings (SSSR count). The highest BCUT2D eigenvalue weighted by Crippen LogP contribution is 2.24. The molecule has 0 aliphatic rings. The number of amides is 1. The van der Waals surface area contributed by atoms with Crippen molar-refractivity contribution in [2.75, 3.05) is 0 Å².